The molecule has 0 radical (unpaired) electrons. The largest absolute Gasteiger partial charge is 0.472 e. The van der Waals surface area contributed by atoms with Crippen molar-refractivity contribution in [1.82, 2.24) is 5.32 Å². The molecule has 0 bridgehead atoms. The Kier molecular flexibility index (Phi) is 24.6. The molecule has 0 saturated heterocycles. The van der Waals surface area contributed by atoms with E-state index >= 15 is 0 Å². The molecule has 9 nitrogen and oxygen atoms in total. The van der Waals surface area contributed by atoms with Crippen LogP contribution in [-0.4, -0.2) is 54.3 Å². The first-order valence-electron chi connectivity index (χ1n) is 14.5. The molecular formula is C27H54NO8P. The molecule has 0 aromatic rings. The second-order valence-electron chi connectivity index (χ2n) is 9.73. The Morgan fingerprint density at radius 3 is 1.76 bits per heavy atom. The van der Waals surface area contributed by atoms with E-state index in [2.05, 4.69) is 19.2 Å². The number of aliphatic hydroxyl groups excluding tert-OH is 1. The first-order chi connectivity index (χ1) is 17.8. The summed E-state index contributed by atoms with van der Waals surface area (Å²) in [6.07, 6.45) is 17.8. The lowest BCUT2D eigenvalue weighted by Crippen LogP contribution is -2.27. The smallest absolute Gasteiger partial charge is 0.463 e. The first-order valence-corrected chi connectivity index (χ1v) is 16.0. The van der Waals surface area contributed by atoms with Gasteiger partial charge >= 0.3 is 13.8 Å². The summed E-state index contributed by atoms with van der Waals surface area (Å²) in [4.78, 5) is 33.2. The van der Waals surface area contributed by atoms with Gasteiger partial charge in [-0.2, -0.15) is 0 Å². The van der Waals surface area contributed by atoms with E-state index in [9.17, 15) is 24.2 Å². The van der Waals surface area contributed by atoms with Crippen molar-refractivity contribution >= 4 is 19.7 Å². The van der Waals surface area contributed by atoms with Crippen molar-refractivity contribution in [1.29, 1.82) is 0 Å². The maximum Gasteiger partial charge on any atom is 0.472 e. The fourth-order valence-corrected chi connectivity index (χ4v) is 4.55. The lowest BCUT2D eigenvalue weighted by molar-refractivity contribution is -0.147. The highest BCUT2D eigenvalue weighted by atomic mass is 31.2. The summed E-state index contributed by atoms with van der Waals surface area (Å²) in [5, 5.41) is 12.5. The molecule has 0 fully saturated rings. The summed E-state index contributed by atoms with van der Waals surface area (Å²) >= 11 is 0. The Balaban J connectivity index is 3.68. The summed E-state index contributed by atoms with van der Waals surface area (Å²) in [5.41, 5.74) is 0. The van der Waals surface area contributed by atoms with Crippen molar-refractivity contribution in [2.24, 2.45) is 0 Å². The summed E-state index contributed by atoms with van der Waals surface area (Å²) in [5.74, 6) is -0.526. The molecule has 0 aromatic carbocycles. The Labute approximate surface area is 225 Å². The highest BCUT2D eigenvalue weighted by Crippen LogP contribution is 2.42. The third-order valence-corrected chi connectivity index (χ3v) is 7.02. The standard InChI is InChI=1S/C27H54NO8P/c1-3-5-7-9-11-12-13-14-16-18-20-27(31)34-23-25(29)24-36-37(32,33)35-22-21-28-26(30)19-17-15-10-8-6-4-2/h25,29H,3-24H2,1-2H3,(H,28,30)(H,32,33). The number of nitrogens with one attached hydrogen (secondary N) is 1. The zero-order chi connectivity index (χ0) is 27.6. The maximum absolute atomic E-state index is 11.9. The van der Waals surface area contributed by atoms with Crippen molar-refractivity contribution in [3.8, 4) is 0 Å². The van der Waals surface area contributed by atoms with Crippen molar-refractivity contribution in [3.63, 3.8) is 0 Å². The van der Waals surface area contributed by atoms with Gasteiger partial charge in [-0.3, -0.25) is 18.6 Å². The van der Waals surface area contributed by atoms with E-state index in [1.807, 2.05) is 0 Å². The summed E-state index contributed by atoms with van der Waals surface area (Å²) in [6.45, 7) is 3.44. The van der Waals surface area contributed by atoms with E-state index in [1.165, 1.54) is 64.2 Å². The number of hydrogen-bond donors (Lipinski definition) is 3. The normalized spacial score (nSPS) is 13.7. The van der Waals surface area contributed by atoms with Crippen LogP contribution in [0.25, 0.3) is 0 Å². The molecule has 0 aliphatic carbocycles. The fraction of sp³-hybridized carbons (Fsp3) is 0.926. The fourth-order valence-electron chi connectivity index (χ4n) is 3.79. The lowest BCUT2D eigenvalue weighted by Gasteiger charge is -2.15. The van der Waals surface area contributed by atoms with Crippen molar-refractivity contribution in [3.05, 3.63) is 0 Å². The molecule has 1 amide bonds. The predicted molar refractivity (Wildman–Crippen MR) is 146 cm³/mol. The van der Waals surface area contributed by atoms with Gasteiger partial charge in [-0.25, -0.2) is 4.57 Å². The summed E-state index contributed by atoms with van der Waals surface area (Å²) in [7, 11) is -4.38. The second-order valence-corrected chi connectivity index (χ2v) is 11.2. The Morgan fingerprint density at radius 1 is 0.730 bits per heavy atom. The number of hydrogen-bond acceptors (Lipinski definition) is 7. The monoisotopic (exact) mass is 551 g/mol. The van der Waals surface area contributed by atoms with E-state index in [-0.39, 0.29) is 32.1 Å². The van der Waals surface area contributed by atoms with Gasteiger partial charge in [0, 0.05) is 19.4 Å². The minimum Gasteiger partial charge on any atom is -0.463 e. The molecule has 220 valence electrons. The quantitative estimate of drug-likeness (QED) is 0.0624. The van der Waals surface area contributed by atoms with E-state index in [4.69, 9.17) is 13.8 Å². The van der Waals surface area contributed by atoms with Crippen LogP contribution >= 0.6 is 7.82 Å². The van der Waals surface area contributed by atoms with Crippen LogP contribution in [0.1, 0.15) is 129 Å². The molecule has 10 heteroatoms. The highest BCUT2D eigenvalue weighted by Gasteiger charge is 2.23. The molecular weight excluding hydrogens is 497 g/mol. The second kappa shape index (κ2) is 25.3. The number of phosphoric acid groups is 1. The van der Waals surface area contributed by atoms with Gasteiger partial charge < -0.3 is 20.1 Å². The highest BCUT2D eigenvalue weighted by molar-refractivity contribution is 7.47. The molecule has 0 spiro atoms. The maximum atomic E-state index is 11.9. The van der Waals surface area contributed by atoms with E-state index < -0.39 is 26.5 Å². The number of aliphatic hydroxyl groups is 1. The van der Waals surface area contributed by atoms with Gasteiger partial charge in [0.2, 0.25) is 5.91 Å². The Morgan fingerprint density at radius 2 is 1.22 bits per heavy atom. The van der Waals surface area contributed by atoms with Gasteiger partial charge in [-0.1, -0.05) is 104 Å². The molecule has 0 saturated carbocycles. The first kappa shape index (κ1) is 36.0. The van der Waals surface area contributed by atoms with Gasteiger partial charge in [0.1, 0.15) is 12.7 Å². The number of esters is 1. The Bertz CT molecular complexity index is 605. The SMILES string of the molecule is CCCCCCCCCCCCC(=O)OCC(O)COP(=O)(O)OCCNC(=O)CCCCCCCC. The number of amides is 1. The topological polar surface area (TPSA) is 131 Å². The van der Waals surface area contributed by atoms with Gasteiger partial charge in [0.05, 0.1) is 13.2 Å². The van der Waals surface area contributed by atoms with Gasteiger partial charge in [-0.05, 0) is 12.8 Å². The van der Waals surface area contributed by atoms with Gasteiger partial charge in [0.25, 0.3) is 0 Å². The average Bonchev–Trinajstić information content (AvgIpc) is 2.87. The Hall–Kier alpha value is -0.990. The number of phosphoric ester groups is 1. The molecule has 2 unspecified atom stereocenters. The zero-order valence-corrected chi connectivity index (χ0v) is 24.3. The van der Waals surface area contributed by atoms with E-state index in [0.717, 1.165) is 38.5 Å². The van der Waals surface area contributed by atoms with Crippen LogP contribution in [0.4, 0.5) is 0 Å². The van der Waals surface area contributed by atoms with Crippen molar-refractivity contribution < 1.29 is 37.9 Å². The van der Waals surface area contributed by atoms with E-state index in [1.54, 1.807) is 0 Å². The summed E-state index contributed by atoms with van der Waals surface area (Å²) in [6, 6.07) is 0. The van der Waals surface area contributed by atoms with Crippen LogP contribution in [0.15, 0.2) is 0 Å². The molecule has 2 atom stereocenters. The van der Waals surface area contributed by atoms with Gasteiger partial charge in [-0.15, -0.1) is 0 Å². The number of carbonyl (C=O) groups excluding carboxylic acids is 2. The van der Waals surface area contributed by atoms with Gasteiger partial charge in [0.15, 0.2) is 0 Å². The number of carbonyl (C=O) groups is 2. The van der Waals surface area contributed by atoms with Crippen LogP contribution in [0.3, 0.4) is 0 Å². The van der Waals surface area contributed by atoms with Crippen LogP contribution < -0.4 is 5.32 Å². The van der Waals surface area contributed by atoms with Crippen molar-refractivity contribution in [2.45, 2.75) is 136 Å². The molecule has 3 N–H and O–H groups in total. The molecule has 0 aromatic heterocycles. The number of ether oxygens (including phenoxy) is 1. The third kappa shape index (κ3) is 26.4. The average molecular weight is 552 g/mol. The molecule has 0 rings (SSSR count). The molecule has 0 heterocycles. The van der Waals surface area contributed by atoms with Crippen molar-refractivity contribution in [2.75, 3.05) is 26.4 Å². The van der Waals surface area contributed by atoms with Crippen LogP contribution in [0, 0.1) is 0 Å². The molecule has 0 aliphatic rings. The van der Waals surface area contributed by atoms with Crippen LogP contribution in [0.5, 0.6) is 0 Å². The lowest BCUT2D eigenvalue weighted by atomic mass is 10.1. The van der Waals surface area contributed by atoms with Crippen LogP contribution in [0.2, 0.25) is 0 Å². The minimum absolute atomic E-state index is 0.0850. The zero-order valence-electron chi connectivity index (χ0n) is 23.4. The summed E-state index contributed by atoms with van der Waals surface area (Å²) < 4.78 is 26.4. The van der Waals surface area contributed by atoms with Crippen LogP contribution in [-0.2, 0) is 27.9 Å². The molecule has 0 aliphatic heterocycles. The molecule has 37 heavy (non-hydrogen) atoms. The van der Waals surface area contributed by atoms with E-state index in [0.29, 0.717) is 6.42 Å². The third-order valence-electron chi connectivity index (χ3n) is 6.04. The minimum atomic E-state index is -4.38. The predicted octanol–water partition coefficient (Wildman–Crippen LogP) is 6.20. The number of unbranched alkanes of at least 4 members (excludes halogenated alkanes) is 14. The number of rotatable bonds is 27.